The van der Waals surface area contributed by atoms with Gasteiger partial charge in [0.25, 0.3) is 0 Å². The molecule has 6 nitrogen and oxygen atoms in total. The molecule has 222 valence electrons. The standard InChI is InChI=1S/C38H35NO5/c1-23-38-24(2)43-36-16-9-32(39-31-7-12-34(41)13-8-31)22-30(36)21-27-6-15-37(44-38)29(20-27)19-26-5-14-35(42-23)28(18-26)17-25-3-10-33(40)11-4-25/h3-16,18,20,22-24,38-41H,17,19,21H2,1-2H3. The molecule has 44 heavy (non-hydrogen) atoms. The van der Waals surface area contributed by atoms with Crippen LogP contribution in [-0.2, 0) is 19.3 Å². The van der Waals surface area contributed by atoms with Crippen molar-refractivity contribution >= 4 is 11.4 Å². The fourth-order valence-corrected chi connectivity index (χ4v) is 6.14. The van der Waals surface area contributed by atoms with Crippen LogP contribution in [0.3, 0.4) is 0 Å². The van der Waals surface area contributed by atoms with E-state index in [1.807, 2.05) is 50.2 Å². The molecule has 0 amide bonds. The van der Waals surface area contributed by atoms with E-state index in [-0.39, 0.29) is 23.7 Å². The van der Waals surface area contributed by atoms with Crippen molar-refractivity contribution in [2.45, 2.75) is 51.4 Å². The molecule has 4 aliphatic heterocycles. The Hall–Kier alpha value is -5.10. The van der Waals surface area contributed by atoms with E-state index in [2.05, 4.69) is 47.8 Å². The highest BCUT2D eigenvalue weighted by molar-refractivity contribution is 5.63. The van der Waals surface area contributed by atoms with Gasteiger partial charge in [-0.25, -0.2) is 0 Å². The molecule has 0 saturated heterocycles. The van der Waals surface area contributed by atoms with Crippen molar-refractivity contribution in [1.82, 2.24) is 0 Å². The van der Waals surface area contributed by atoms with Gasteiger partial charge in [-0.15, -0.1) is 0 Å². The molecule has 0 radical (unpaired) electrons. The molecule has 0 aliphatic carbocycles. The zero-order valence-electron chi connectivity index (χ0n) is 24.8. The normalized spacial score (nSPS) is 18.6. The number of phenolic OH excluding ortho intramolecular Hbond substituents is 2. The summed E-state index contributed by atoms with van der Waals surface area (Å²) in [6, 6.07) is 33.5. The van der Waals surface area contributed by atoms with Gasteiger partial charge in [0.15, 0.2) is 6.10 Å². The third-order valence-electron chi connectivity index (χ3n) is 8.40. The first kappa shape index (κ1) is 27.7. The van der Waals surface area contributed by atoms with E-state index in [9.17, 15) is 10.2 Å². The smallest absolute Gasteiger partial charge is 0.171 e. The van der Waals surface area contributed by atoms with E-state index >= 15 is 0 Å². The summed E-state index contributed by atoms with van der Waals surface area (Å²) in [6.45, 7) is 4.08. The van der Waals surface area contributed by atoms with Gasteiger partial charge in [-0.05, 0) is 108 Å². The second-order valence-corrected chi connectivity index (χ2v) is 11.8. The number of nitrogens with one attached hydrogen (secondary N) is 1. The number of ether oxygens (including phenoxy) is 3. The summed E-state index contributed by atoms with van der Waals surface area (Å²) in [4.78, 5) is 0. The van der Waals surface area contributed by atoms with Crippen molar-refractivity contribution in [3.05, 3.63) is 137 Å². The van der Waals surface area contributed by atoms with Gasteiger partial charge < -0.3 is 29.7 Å². The minimum atomic E-state index is -0.390. The molecule has 4 aliphatic rings. The molecule has 0 fully saturated rings. The maximum atomic E-state index is 9.78. The van der Waals surface area contributed by atoms with E-state index in [4.69, 9.17) is 14.2 Å². The Balaban J connectivity index is 1.27. The van der Waals surface area contributed by atoms with Crippen molar-refractivity contribution in [3.8, 4) is 28.7 Å². The zero-order valence-corrected chi connectivity index (χ0v) is 24.8. The van der Waals surface area contributed by atoms with Crippen molar-refractivity contribution in [2.75, 3.05) is 5.32 Å². The highest BCUT2D eigenvalue weighted by Gasteiger charge is 2.32. The summed E-state index contributed by atoms with van der Waals surface area (Å²) in [5, 5.41) is 22.9. The Labute approximate surface area is 257 Å². The van der Waals surface area contributed by atoms with Gasteiger partial charge in [-0.2, -0.15) is 0 Å². The summed E-state index contributed by atoms with van der Waals surface area (Å²) < 4.78 is 20.1. The second-order valence-electron chi connectivity index (χ2n) is 11.8. The van der Waals surface area contributed by atoms with Crippen LogP contribution in [0.1, 0.15) is 47.2 Å². The van der Waals surface area contributed by atoms with Crippen LogP contribution in [-0.4, -0.2) is 28.5 Å². The molecule has 6 heteroatoms. The molecule has 5 aromatic rings. The molecule has 4 heterocycles. The summed E-state index contributed by atoms with van der Waals surface area (Å²) in [5.74, 6) is 2.96. The largest absolute Gasteiger partial charge is 0.508 e. The van der Waals surface area contributed by atoms with Gasteiger partial charge in [-0.1, -0.05) is 36.4 Å². The fraction of sp³-hybridized carbons (Fsp3) is 0.211. The fourth-order valence-electron chi connectivity index (χ4n) is 6.14. The number of benzene rings is 5. The van der Waals surface area contributed by atoms with Gasteiger partial charge in [-0.3, -0.25) is 0 Å². The van der Waals surface area contributed by atoms with Gasteiger partial charge in [0.1, 0.15) is 41.0 Å². The molecule has 3 unspecified atom stereocenters. The van der Waals surface area contributed by atoms with E-state index in [0.29, 0.717) is 12.8 Å². The van der Waals surface area contributed by atoms with Crippen molar-refractivity contribution < 1.29 is 24.4 Å². The summed E-state index contributed by atoms with van der Waals surface area (Å²) in [6.07, 6.45) is 1.08. The van der Waals surface area contributed by atoms with E-state index < -0.39 is 6.10 Å². The highest BCUT2D eigenvalue weighted by atomic mass is 16.6. The van der Waals surface area contributed by atoms with Gasteiger partial charge >= 0.3 is 0 Å². The zero-order chi connectivity index (χ0) is 30.2. The van der Waals surface area contributed by atoms with E-state index in [0.717, 1.165) is 57.3 Å². The second kappa shape index (κ2) is 11.5. The average molecular weight is 586 g/mol. The summed E-state index contributed by atoms with van der Waals surface area (Å²) in [5.41, 5.74) is 8.58. The van der Waals surface area contributed by atoms with Gasteiger partial charge in [0.2, 0.25) is 0 Å². The summed E-state index contributed by atoms with van der Waals surface area (Å²) >= 11 is 0. The number of hydrogen-bond donors (Lipinski definition) is 3. The molecule has 5 aromatic carbocycles. The van der Waals surface area contributed by atoms with Crippen LogP contribution in [0.4, 0.5) is 11.4 Å². The lowest BCUT2D eigenvalue weighted by atomic mass is 9.95. The number of fused-ring (bicyclic) bond motifs is 5. The molecule has 3 atom stereocenters. The topological polar surface area (TPSA) is 80.2 Å². The lowest BCUT2D eigenvalue weighted by Gasteiger charge is -2.31. The quantitative estimate of drug-likeness (QED) is 0.186. The minimum absolute atomic E-state index is 0.234. The van der Waals surface area contributed by atoms with Crippen LogP contribution in [0, 0.1) is 0 Å². The van der Waals surface area contributed by atoms with Gasteiger partial charge in [0.05, 0.1) is 0 Å². The van der Waals surface area contributed by atoms with Gasteiger partial charge in [0, 0.05) is 36.2 Å². The van der Waals surface area contributed by atoms with Crippen LogP contribution in [0.25, 0.3) is 0 Å². The predicted molar refractivity (Wildman–Crippen MR) is 172 cm³/mol. The minimum Gasteiger partial charge on any atom is -0.508 e. The molecule has 3 N–H and O–H groups in total. The molecule has 0 saturated carbocycles. The maximum absolute atomic E-state index is 9.78. The van der Waals surface area contributed by atoms with Crippen LogP contribution >= 0.6 is 0 Å². The monoisotopic (exact) mass is 585 g/mol. The first-order valence-electron chi connectivity index (χ1n) is 15.1. The van der Waals surface area contributed by atoms with Crippen LogP contribution in [0.2, 0.25) is 0 Å². The first-order chi connectivity index (χ1) is 21.4. The van der Waals surface area contributed by atoms with Crippen LogP contribution < -0.4 is 19.5 Å². The van der Waals surface area contributed by atoms with Crippen LogP contribution in [0.5, 0.6) is 28.7 Å². The Morgan fingerprint density at radius 2 is 1.14 bits per heavy atom. The maximum Gasteiger partial charge on any atom is 0.171 e. The molecule has 0 spiro atoms. The van der Waals surface area contributed by atoms with Crippen LogP contribution in [0.15, 0.2) is 103 Å². The lowest BCUT2D eigenvalue weighted by Crippen LogP contribution is -2.45. The Kier molecular flexibility index (Phi) is 7.26. The SMILES string of the molecule is CC1Oc2ccc(cc2Cc2ccc(O)cc2)Cc2cc3ccc2OC1C(C)Oc1ccc(Nc2ccc(O)cc2)cc1C3. The van der Waals surface area contributed by atoms with Crippen molar-refractivity contribution in [3.63, 3.8) is 0 Å². The van der Waals surface area contributed by atoms with Crippen molar-refractivity contribution in [2.24, 2.45) is 0 Å². The molecule has 6 bridgehead atoms. The number of hydrogen-bond acceptors (Lipinski definition) is 6. The Morgan fingerprint density at radius 3 is 1.86 bits per heavy atom. The Bertz CT molecular complexity index is 1800. The van der Waals surface area contributed by atoms with Crippen molar-refractivity contribution in [1.29, 1.82) is 0 Å². The third-order valence-corrected chi connectivity index (χ3v) is 8.40. The Morgan fingerprint density at radius 1 is 0.591 bits per heavy atom. The predicted octanol–water partition coefficient (Wildman–Crippen LogP) is 7.92. The first-order valence-corrected chi connectivity index (χ1v) is 15.1. The molecular formula is C38H35NO5. The summed E-state index contributed by atoms with van der Waals surface area (Å²) in [7, 11) is 0. The molecule has 0 aromatic heterocycles. The average Bonchev–Trinajstić information content (AvgIpc) is 3.07. The van der Waals surface area contributed by atoms with E-state index in [1.165, 1.54) is 11.1 Å². The molecule has 9 rings (SSSR count). The number of anilines is 2. The molecular weight excluding hydrogens is 550 g/mol. The number of rotatable bonds is 4. The number of phenols is 2. The van der Waals surface area contributed by atoms with E-state index in [1.54, 1.807) is 24.3 Å². The highest BCUT2D eigenvalue weighted by Crippen LogP contribution is 2.36. The lowest BCUT2D eigenvalue weighted by molar-refractivity contribution is -0.00794. The third kappa shape index (κ3) is 5.88. The number of aromatic hydroxyl groups is 2.